The van der Waals surface area contributed by atoms with Gasteiger partial charge in [0.05, 0.1) is 5.69 Å². The zero-order valence-electron chi connectivity index (χ0n) is 17.0. The van der Waals surface area contributed by atoms with E-state index in [1.165, 1.54) is 0 Å². The highest BCUT2D eigenvalue weighted by Gasteiger charge is 2.17. The van der Waals surface area contributed by atoms with Crippen molar-refractivity contribution < 1.29 is 19.4 Å². The number of hydrogen-bond donors (Lipinski definition) is 2. The van der Waals surface area contributed by atoms with Crippen LogP contribution in [-0.2, 0) is 15.3 Å². The molecule has 0 aliphatic heterocycles. The fourth-order valence-electron chi connectivity index (χ4n) is 2.34. The standard InChI is InChI=1S/C20H32N2O4S/c1-20(2,3)26-19(25)21-17-13-16(22(4)5)11-10-15(17)14-27-12-8-6-7-9-18(23)24/h10-11,13H,6-9,12,14H2,1-5H3,(H,21,25)(H,23,24). The highest BCUT2D eigenvalue weighted by atomic mass is 32.2. The van der Waals surface area contributed by atoms with Gasteiger partial charge in [-0.25, -0.2) is 4.79 Å². The molecule has 0 spiro atoms. The predicted octanol–water partition coefficient (Wildman–Crippen LogP) is 4.98. The summed E-state index contributed by atoms with van der Waals surface area (Å²) in [6.07, 6.45) is 2.41. The van der Waals surface area contributed by atoms with Gasteiger partial charge in [-0.3, -0.25) is 10.1 Å². The monoisotopic (exact) mass is 396 g/mol. The van der Waals surface area contributed by atoms with E-state index in [1.54, 1.807) is 11.8 Å². The van der Waals surface area contributed by atoms with Crippen molar-refractivity contribution >= 4 is 35.2 Å². The Kier molecular flexibility index (Phi) is 9.49. The van der Waals surface area contributed by atoms with Crippen molar-refractivity contribution in [2.45, 2.75) is 57.8 Å². The van der Waals surface area contributed by atoms with Gasteiger partial charge in [-0.1, -0.05) is 12.5 Å². The predicted molar refractivity (Wildman–Crippen MR) is 113 cm³/mol. The highest BCUT2D eigenvalue weighted by Crippen LogP contribution is 2.27. The topological polar surface area (TPSA) is 78.9 Å². The zero-order valence-corrected chi connectivity index (χ0v) is 17.8. The fourth-order valence-corrected chi connectivity index (χ4v) is 3.36. The molecule has 0 heterocycles. The molecular formula is C20H32N2O4S. The summed E-state index contributed by atoms with van der Waals surface area (Å²) in [5, 5.41) is 11.5. The van der Waals surface area contributed by atoms with Crippen molar-refractivity contribution in [3.05, 3.63) is 23.8 Å². The van der Waals surface area contributed by atoms with Crippen LogP contribution < -0.4 is 10.2 Å². The lowest BCUT2D eigenvalue weighted by molar-refractivity contribution is -0.137. The van der Waals surface area contributed by atoms with Gasteiger partial charge in [0, 0.05) is 32.0 Å². The Hall–Kier alpha value is -1.89. The average molecular weight is 397 g/mol. The first kappa shape index (κ1) is 23.1. The summed E-state index contributed by atoms with van der Waals surface area (Å²) in [5.41, 5.74) is 2.26. The molecule has 7 heteroatoms. The number of nitrogens with zero attached hydrogens (tertiary/aromatic N) is 1. The van der Waals surface area contributed by atoms with Crippen LogP contribution in [0.1, 0.15) is 52.0 Å². The van der Waals surface area contributed by atoms with Crippen LogP contribution in [-0.4, -0.2) is 42.6 Å². The molecule has 0 bridgehead atoms. The van der Waals surface area contributed by atoms with Gasteiger partial charge in [0.25, 0.3) is 0 Å². The summed E-state index contributed by atoms with van der Waals surface area (Å²) in [6.45, 7) is 5.51. The quantitative estimate of drug-likeness (QED) is 0.543. The van der Waals surface area contributed by atoms with Crippen LogP contribution in [0.15, 0.2) is 18.2 Å². The lowest BCUT2D eigenvalue weighted by atomic mass is 10.1. The van der Waals surface area contributed by atoms with Crippen LogP contribution in [0.4, 0.5) is 16.2 Å². The normalized spacial score (nSPS) is 11.1. The second kappa shape index (κ2) is 11.1. The van der Waals surface area contributed by atoms with E-state index >= 15 is 0 Å². The van der Waals surface area contributed by atoms with Gasteiger partial charge in [0.2, 0.25) is 0 Å². The van der Waals surface area contributed by atoms with Gasteiger partial charge in [-0.2, -0.15) is 11.8 Å². The SMILES string of the molecule is CN(C)c1ccc(CSCCCCCC(=O)O)c(NC(=O)OC(C)(C)C)c1. The number of rotatable bonds is 10. The molecule has 2 N–H and O–H groups in total. The van der Waals surface area contributed by atoms with Crippen molar-refractivity contribution in [2.24, 2.45) is 0 Å². The Bertz CT molecular complexity index is 627. The lowest BCUT2D eigenvalue weighted by Gasteiger charge is -2.21. The minimum atomic E-state index is -0.735. The first-order valence-corrected chi connectivity index (χ1v) is 10.3. The molecule has 152 valence electrons. The van der Waals surface area contributed by atoms with Gasteiger partial charge in [0.15, 0.2) is 0 Å². The first-order valence-electron chi connectivity index (χ1n) is 9.18. The number of carbonyl (C=O) groups excluding carboxylic acids is 1. The summed E-state index contributed by atoms with van der Waals surface area (Å²) in [5.74, 6) is 1.00. The number of carboxylic acid groups (broad SMARTS) is 1. The van der Waals surface area contributed by atoms with Gasteiger partial charge in [-0.05, 0) is 57.1 Å². The van der Waals surface area contributed by atoms with E-state index in [0.717, 1.165) is 47.7 Å². The Morgan fingerprint density at radius 3 is 2.48 bits per heavy atom. The van der Waals surface area contributed by atoms with Crippen LogP contribution in [0.5, 0.6) is 0 Å². The number of hydrogen-bond acceptors (Lipinski definition) is 5. The maximum absolute atomic E-state index is 12.2. The molecule has 0 radical (unpaired) electrons. The van der Waals surface area contributed by atoms with E-state index in [0.29, 0.717) is 0 Å². The number of carboxylic acids is 1. The van der Waals surface area contributed by atoms with E-state index in [1.807, 2.05) is 58.0 Å². The molecule has 0 saturated carbocycles. The average Bonchev–Trinajstić information content (AvgIpc) is 2.52. The van der Waals surface area contributed by atoms with Gasteiger partial charge >= 0.3 is 12.1 Å². The number of aliphatic carboxylic acids is 1. The molecule has 1 amide bonds. The minimum absolute atomic E-state index is 0.237. The maximum atomic E-state index is 12.2. The molecule has 0 aliphatic carbocycles. The number of ether oxygens (including phenoxy) is 1. The van der Waals surface area contributed by atoms with E-state index in [9.17, 15) is 9.59 Å². The third-order valence-corrected chi connectivity index (χ3v) is 4.77. The van der Waals surface area contributed by atoms with Crippen molar-refractivity contribution in [3.8, 4) is 0 Å². The molecule has 1 aromatic rings. The van der Waals surface area contributed by atoms with Crippen molar-refractivity contribution in [1.82, 2.24) is 0 Å². The minimum Gasteiger partial charge on any atom is -0.481 e. The molecule has 0 aliphatic rings. The zero-order chi connectivity index (χ0) is 20.4. The molecule has 6 nitrogen and oxygen atoms in total. The molecule has 0 aromatic heterocycles. The van der Waals surface area contributed by atoms with Crippen molar-refractivity contribution in [2.75, 3.05) is 30.1 Å². The Balaban J connectivity index is 2.64. The van der Waals surface area contributed by atoms with Crippen LogP contribution in [0.3, 0.4) is 0 Å². The molecule has 1 rings (SSSR count). The molecule has 0 saturated heterocycles. The molecule has 0 unspecified atom stereocenters. The highest BCUT2D eigenvalue weighted by molar-refractivity contribution is 7.98. The van der Waals surface area contributed by atoms with Gasteiger partial charge in [0.1, 0.15) is 5.60 Å². The third kappa shape index (κ3) is 10.1. The molecule has 1 aromatic carbocycles. The summed E-state index contributed by atoms with van der Waals surface area (Å²) in [6, 6.07) is 6.01. The third-order valence-electron chi connectivity index (χ3n) is 3.68. The van der Waals surface area contributed by atoms with Gasteiger partial charge in [-0.15, -0.1) is 0 Å². The second-order valence-corrected chi connectivity index (χ2v) is 8.72. The smallest absolute Gasteiger partial charge is 0.412 e. The number of amides is 1. The van der Waals surface area contributed by atoms with Crippen LogP contribution in [0, 0.1) is 0 Å². The number of nitrogens with one attached hydrogen (secondary N) is 1. The molecule has 0 fully saturated rings. The number of unbranched alkanes of at least 4 members (excludes halogenated alkanes) is 2. The molecule has 0 atom stereocenters. The number of thioether (sulfide) groups is 1. The van der Waals surface area contributed by atoms with Crippen LogP contribution >= 0.6 is 11.8 Å². The Morgan fingerprint density at radius 1 is 1.19 bits per heavy atom. The first-order chi connectivity index (χ1) is 12.6. The van der Waals surface area contributed by atoms with Crippen molar-refractivity contribution in [3.63, 3.8) is 0 Å². The Labute approximate surface area is 166 Å². The van der Waals surface area contributed by atoms with Crippen LogP contribution in [0.2, 0.25) is 0 Å². The number of benzene rings is 1. The van der Waals surface area contributed by atoms with E-state index in [4.69, 9.17) is 9.84 Å². The lowest BCUT2D eigenvalue weighted by Crippen LogP contribution is -2.27. The molecular weight excluding hydrogens is 364 g/mol. The number of anilines is 2. The summed E-state index contributed by atoms with van der Waals surface area (Å²) in [4.78, 5) is 24.7. The van der Waals surface area contributed by atoms with Crippen LogP contribution in [0.25, 0.3) is 0 Å². The molecule has 27 heavy (non-hydrogen) atoms. The number of carbonyl (C=O) groups is 2. The summed E-state index contributed by atoms with van der Waals surface area (Å²) in [7, 11) is 3.91. The van der Waals surface area contributed by atoms with Crippen molar-refractivity contribution in [1.29, 1.82) is 0 Å². The van der Waals surface area contributed by atoms with E-state index in [2.05, 4.69) is 5.32 Å². The van der Waals surface area contributed by atoms with E-state index < -0.39 is 17.7 Å². The second-order valence-electron chi connectivity index (χ2n) is 7.62. The largest absolute Gasteiger partial charge is 0.481 e. The summed E-state index contributed by atoms with van der Waals surface area (Å²) < 4.78 is 5.37. The van der Waals surface area contributed by atoms with E-state index in [-0.39, 0.29) is 6.42 Å². The summed E-state index contributed by atoms with van der Waals surface area (Å²) >= 11 is 1.78. The van der Waals surface area contributed by atoms with Gasteiger partial charge < -0.3 is 14.7 Å². The Morgan fingerprint density at radius 2 is 1.89 bits per heavy atom. The maximum Gasteiger partial charge on any atom is 0.412 e. The fraction of sp³-hybridized carbons (Fsp3) is 0.600.